The number of hydrogen-bond acceptors (Lipinski definition) is 16. The van der Waals surface area contributed by atoms with Crippen LogP contribution < -0.4 is 43.0 Å². The topological polar surface area (TPSA) is 367 Å². The number of aryl methyl sites for hydroxylation is 4. The van der Waals surface area contributed by atoms with E-state index in [1.165, 1.54) is 50.0 Å². The van der Waals surface area contributed by atoms with Crippen LogP contribution in [0.3, 0.4) is 0 Å². The summed E-state index contributed by atoms with van der Waals surface area (Å²) in [6.07, 6.45) is 17.4. The fraction of sp³-hybridized carbons (Fsp3) is 0.416. The largest absolute Gasteiger partial charge is 0.503 e. The van der Waals surface area contributed by atoms with Crippen molar-refractivity contribution in [1.29, 1.82) is 0 Å². The molecule has 4 aromatic carbocycles. The van der Waals surface area contributed by atoms with Gasteiger partial charge in [0.1, 0.15) is 68.8 Å². The maximum Gasteiger partial charge on any atom is 0.275 e. The molecule has 8 N–H and O–H groups in total. The zero-order valence-electron chi connectivity index (χ0n) is 68.4. The summed E-state index contributed by atoms with van der Waals surface area (Å²) in [6, 6.07) is 8.40. The number of benzene rings is 4. The number of carbonyl (C=O) groups is 8. The van der Waals surface area contributed by atoms with Crippen molar-refractivity contribution < 1.29 is 93.9 Å². The third-order valence-electron chi connectivity index (χ3n) is 27.7. The second kappa shape index (κ2) is 30.8. The summed E-state index contributed by atoms with van der Waals surface area (Å²) in [5, 5.41) is 51.4. The van der Waals surface area contributed by atoms with Gasteiger partial charge in [0.05, 0.1) is 28.2 Å². The molecule has 4 aromatic heterocycles. The van der Waals surface area contributed by atoms with E-state index in [4.69, 9.17) is 0 Å². The highest BCUT2D eigenvalue weighted by molar-refractivity contribution is 6.03. The number of carbonyl (C=O) groups excluding carboxylic acids is 8. The lowest BCUT2D eigenvalue weighted by Gasteiger charge is -2.44. The fourth-order valence-corrected chi connectivity index (χ4v) is 21.8. The number of halogens is 8. The lowest BCUT2D eigenvalue weighted by atomic mass is 9.86. The van der Waals surface area contributed by atoms with E-state index in [1.54, 1.807) is 47.3 Å². The standard InChI is InChI=1S/C23H23F2N3O4.3C22H21F2N3O4/c1-11-7-15(24)17(16(25)8-11)12(2)26-21(31)14-9-27-10-23-5-3-13(4-6-23)28(23)22(32)18(27)20(30)19(14)29;1-11-6-15(23)13(16(24)7-11)8-25-20(30)14-9-26-10-22-4-2-12(3-5-22)27(22)21(31)17(26)19(29)18(14)28;2*1-11-4-15(23)13(16(24)5-11)7-25-20(30)14-9-26-10-22-3-2-12(6-22)8-27(22)21(31)17(26)19(29)18(14)28/h7-9,12-13,30H,3-6,10H2,1-2H3,(H,26,31);6-7,9,12,29H,2-5,8,10H2,1H3,(H,25,30);2*4-5,9,12,29H,2-3,6-8,10H2,1H3,(H,25,30)/t12-,13?,23?;;2*12-,22+/m1.10/s1. The number of aromatic hydroxyl groups is 4. The van der Waals surface area contributed by atoms with Crippen molar-refractivity contribution >= 4 is 47.3 Å². The SMILES string of the molecule is Cc1cc(F)c(CNC(=O)c2cn3c(c(O)c2=O)C(=O)N2C4CCC2(CC4)C3)c(F)c1.Cc1cc(F)c(CNC(=O)c2cn3c(c(O)c2=O)C(=O)N2C[C@@H]4CC[C@]2(C4)C3)c(F)c1.Cc1cc(F)c(CNC(=O)c2cn3c(c(O)c2=O)C(=O)N2C[C@H]4CC[C@@]2(C4)C3)c(F)c1.Cc1cc(F)c([C@@H](C)NC(=O)c2cn3c(c(O)c2=O)C(=O)N2C4CCC2(CC4)C3)c(F)c1. The highest BCUT2D eigenvalue weighted by atomic mass is 19.2. The Bertz CT molecular complexity index is 5950. The van der Waals surface area contributed by atoms with Gasteiger partial charge < -0.3 is 79.6 Å². The lowest BCUT2D eigenvalue weighted by molar-refractivity contribution is 0.0390. The molecule has 8 bridgehead atoms. The molecule has 0 unspecified atom stereocenters. The van der Waals surface area contributed by atoms with Crippen LogP contribution in [0.1, 0.15) is 231 Å². The molecular weight excluding hydrogens is 1650 g/mol. The van der Waals surface area contributed by atoms with Gasteiger partial charge in [-0.1, -0.05) is 0 Å². The third-order valence-corrected chi connectivity index (χ3v) is 27.7. The van der Waals surface area contributed by atoms with Crippen LogP contribution in [0.2, 0.25) is 0 Å². The zero-order valence-corrected chi connectivity index (χ0v) is 68.4. The van der Waals surface area contributed by atoms with Crippen LogP contribution in [0, 0.1) is 86.1 Å². The summed E-state index contributed by atoms with van der Waals surface area (Å²) in [5.41, 5.74) is -6.97. The maximum absolute atomic E-state index is 14.3. The molecule has 2 spiro atoms. The average molecular weight is 1730 g/mol. The third kappa shape index (κ3) is 13.9. The van der Waals surface area contributed by atoms with Crippen LogP contribution in [-0.2, 0) is 45.8 Å². The van der Waals surface area contributed by atoms with Crippen molar-refractivity contribution in [1.82, 2.24) is 59.1 Å². The van der Waals surface area contributed by atoms with Gasteiger partial charge in [0.15, 0.2) is 45.8 Å². The molecule has 125 heavy (non-hydrogen) atoms. The van der Waals surface area contributed by atoms with Crippen molar-refractivity contribution in [2.45, 2.75) is 211 Å². The van der Waals surface area contributed by atoms with Crippen LogP contribution in [0.4, 0.5) is 35.1 Å². The van der Waals surface area contributed by atoms with Crippen LogP contribution >= 0.6 is 0 Å². The molecule has 2 aliphatic carbocycles. The molecule has 6 saturated heterocycles. The second-order valence-corrected chi connectivity index (χ2v) is 35.6. The first-order chi connectivity index (χ1) is 59.2. The van der Waals surface area contributed by atoms with E-state index in [0.29, 0.717) is 73.4 Å². The Hall–Kier alpha value is -12.9. The Balaban J connectivity index is 0.000000118. The molecule has 14 heterocycles. The molecular formula is C89H86F8N12O16. The normalized spacial score (nSPS) is 23.8. The first-order valence-electron chi connectivity index (χ1n) is 41.4. The van der Waals surface area contributed by atoms with Crippen molar-refractivity contribution in [3.05, 3.63) is 250 Å². The molecule has 20 rings (SSSR count). The lowest BCUT2D eigenvalue weighted by Crippen LogP contribution is -2.55. The van der Waals surface area contributed by atoms with Gasteiger partial charge in [0.2, 0.25) is 21.7 Å². The van der Waals surface area contributed by atoms with Crippen LogP contribution in [0.5, 0.6) is 23.0 Å². The average Bonchev–Trinajstić information content (AvgIpc) is 1.52. The number of piperidine rings is 2. The number of aromatic nitrogens is 4. The highest BCUT2D eigenvalue weighted by Gasteiger charge is 2.61. The monoisotopic (exact) mass is 1730 g/mol. The number of nitrogens with zero attached hydrogens (tertiary/aromatic N) is 8. The first kappa shape index (κ1) is 84.3. The predicted molar refractivity (Wildman–Crippen MR) is 428 cm³/mol. The number of hydrogen-bond donors (Lipinski definition) is 8. The van der Waals surface area contributed by atoms with Crippen LogP contribution in [0.15, 0.2) is 92.5 Å². The van der Waals surface area contributed by atoms with Crippen LogP contribution in [0.25, 0.3) is 0 Å². The number of pyridine rings is 4. The Kier molecular flexibility index (Phi) is 20.8. The van der Waals surface area contributed by atoms with Gasteiger partial charge in [-0.2, -0.15) is 0 Å². The molecule has 5 atom stereocenters. The summed E-state index contributed by atoms with van der Waals surface area (Å²) in [7, 11) is 0. The zero-order chi connectivity index (χ0) is 89.2. The fourth-order valence-electron chi connectivity index (χ4n) is 21.8. The smallest absolute Gasteiger partial charge is 0.275 e. The van der Waals surface area contributed by atoms with E-state index in [9.17, 15) is 113 Å². The molecule has 8 amide bonds. The van der Waals surface area contributed by atoms with E-state index in [1.807, 2.05) is 0 Å². The number of nitrogens with one attached hydrogen (secondary N) is 4. The molecule has 10 aliphatic heterocycles. The van der Waals surface area contributed by atoms with E-state index in [2.05, 4.69) is 21.3 Å². The highest BCUT2D eigenvalue weighted by Crippen LogP contribution is 2.55. The Labute approximate surface area is 706 Å². The minimum absolute atomic E-state index is 0.110. The molecule has 12 aliphatic rings. The summed E-state index contributed by atoms with van der Waals surface area (Å²) in [6.45, 7) is 8.99. The minimum atomic E-state index is -1.06. The number of amides is 8. The quantitative estimate of drug-likeness (QED) is 0.0528. The minimum Gasteiger partial charge on any atom is -0.503 e. The predicted octanol–water partition coefficient (Wildman–Crippen LogP) is 9.16. The number of rotatable bonds is 12. The molecule has 8 fully saturated rings. The van der Waals surface area contributed by atoms with Gasteiger partial charge in [0.25, 0.3) is 47.3 Å². The molecule has 0 radical (unpaired) electrons. The van der Waals surface area contributed by atoms with Crippen LogP contribution in [-0.4, -0.2) is 153 Å². The number of fused-ring (bicyclic) bond motifs is 6. The van der Waals surface area contributed by atoms with Gasteiger partial charge >= 0.3 is 0 Å². The Morgan fingerprint density at radius 2 is 0.632 bits per heavy atom. The summed E-state index contributed by atoms with van der Waals surface area (Å²) in [4.78, 5) is 161. The van der Waals surface area contributed by atoms with Gasteiger partial charge in [-0.3, -0.25) is 57.5 Å². The van der Waals surface area contributed by atoms with E-state index >= 15 is 0 Å². The Morgan fingerprint density at radius 3 is 0.920 bits per heavy atom. The van der Waals surface area contributed by atoms with Gasteiger partial charge in [0, 0.05) is 118 Å². The van der Waals surface area contributed by atoms with Crippen molar-refractivity contribution in [3.63, 3.8) is 0 Å². The van der Waals surface area contributed by atoms with E-state index in [0.717, 1.165) is 138 Å². The molecule has 654 valence electrons. The molecule has 8 aromatic rings. The summed E-state index contributed by atoms with van der Waals surface area (Å²) in [5.74, 6) is -13.8. The van der Waals surface area contributed by atoms with Gasteiger partial charge in [-0.25, -0.2) is 35.1 Å². The summed E-state index contributed by atoms with van der Waals surface area (Å²) < 4.78 is 119. The maximum atomic E-state index is 14.3. The van der Waals surface area contributed by atoms with Crippen molar-refractivity contribution in [2.24, 2.45) is 11.8 Å². The Morgan fingerprint density at radius 1 is 0.376 bits per heavy atom. The second-order valence-electron chi connectivity index (χ2n) is 35.6. The van der Waals surface area contributed by atoms with Crippen molar-refractivity contribution in [2.75, 3.05) is 13.1 Å². The molecule has 36 heteroatoms. The van der Waals surface area contributed by atoms with E-state index < -0.39 is 164 Å². The van der Waals surface area contributed by atoms with E-state index in [-0.39, 0.29) is 102 Å². The first-order valence-corrected chi connectivity index (χ1v) is 41.4. The van der Waals surface area contributed by atoms with Crippen molar-refractivity contribution in [3.8, 4) is 23.0 Å². The van der Waals surface area contributed by atoms with Gasteiger partial charge in [-0.05, 0) is 207 Å². The molecule has 28 nitrogen and oxygen atoms in total. The summed E-state index contributed by atoms with van der Waals surface area (Å²) >= 11 is 0. The molecule has 2 saturated carbocycles. The van der Waals surface area contributed by atoms with Gasteiger partial charge in [-0.15, -0.1) is 0 Å².